The number of ether oxygens (including phenoxy) is 1. The highest BCUT2D eigenvalue weighted by molar-refractivity contribution is 5.81. The first-order valence-corrected chi connectivity index (χ1v) is 4.96. The van der Waals surface area contributed by atoms with Gasteiger partial charge in [-0.05, 0) is 12.1 Å². The van der Waals surface area contributed by atoms with Gasteiger partial charge in [0.05, 0.1) is 25.8 Å². The Bertz CT molecular complexity index is 352. The molecular formula is C11H14N2O3. The van der Waals surface area contributed by atoms with Crippen molar-refractivity contribution in [2.75, 3.05) is 7.11 Å². The summed E-state index contributed by atoms with van der Waals surface area (Å²) in [4.78, 5) is 26.1. The van der Waals surface area contributed by atoms with Gasteiger partial charge in [0.25, 0.3) is 0 Å². The molecule has 0 fully saturated rings. The molecule has 0 bridgehead atoms. The van der Waals surface area contributed by atoms with E-state index >= 15 is 0 Å². The molecule has 0 aliphatic rings. The number of pyridine rings is 1. The fourth-order valence-electron chi connectivity index (χ4n) is 1.10. The smallest absolute Gasteiger partial charge is 0.306 e. The number of carbonyl (C=O) groups is 2. The van der Waals surface area contributed by atoms with Gasteiger partial charge in [-0.15, -0.1) is 0 Å². The lowest BCUT2D eigenvalue weighted by atomic mass is 10.3. The second-order valence-corrected chi connectivity index (χ2v) is 3.17. The molecular weight excluding hydrogens is 208 g/mol. The third-order valence-electron chi connectivity index (χ3n) is 1.98. The SMILES string of the molecule is COC(=O)CCC(=O)NCc1ccccn1. The standard InChI is InChI=1S/C11H14N2O3/c1-16-11(15)6-5-10(14)13-8-9-4-2-3-7-12-9/h2-4,7H,5-6,8H2,1H3,(H,13,14). The molecule has 5 heteroatoms. The van der Waals surface area contributed by atoms with Crippen LogP contribution in [0.25, 0.3) is 0 Å². The Labute approximate surface area is 93.8 Å². The number of aromatic nitrogens is 1. The Balaban J connectivity index is 2.23. The maximum absolute atomic E-state index is 11.3. The van der Waals surface area contributed by atoms with E-state index in [9.17, 15) is 9.59 Å². The predicted octanol–water partition coefficient (Wildman–Crippen LogP) is 0.651. The number of esters is 1. The number of methoxy groups -OCH3 is 1. The molecule has 0 saturated heterocycles. The molecule has 0 aliphatic heterocycles. The molecule has 1 rings (SSSR count). The van der Waals surface area contributed by atoms with Gasteiger partial charge < -0.3 is 10.1 Å². The van der Waals surface area contributed by atoms with E-state index in [-0.39, 0.29) is 24.7 Å². The van der Waals surface area contributed by atoms with Gasteiger partial charge in [0, 0.05) is 12.6 Å². The largest absolute Gasteiger partial charge is 0.469 e. The molecule has 1 N–H and O–H groups in total. The number of nitrogens with one attached hydrogen (secondary N) is 1. The van der Waals surface area contributed by atoms with Crippen LogP contribution in [0.3, 0.4) is 0 Å². The molecule has 5 nitrogen and oxygen atoms in total. The van der Waals surface area contributed by atoms with Gasteiger partial charge in [0.1, 0.15) is 0 Å². The van der Waals surface area contributed by atoms with E-state index in [0.717, 1.165) is 5.69 Å². The van der Waals surface area contributed by atoms with E-state index in [0.29, 0.717) is 6.54 Å². The topological polar surface area (TPSA) is 68.3 Å². The molecule has 1 aromatic rings. The second kappa shape index (κ2) is 6.55. The van der Waals surface area contributed by atoms with E-state index in [2.05, 4.69) is 15.0 Å². The Kier molecular flexibility index (Phi) is 4.98. The van der Waals surface area contributed by atoms with Crippen molar-refractivity contribution in [1.82, 2.24) is 10.3 Å². The minimum absolute atomic E-state index is 0.102. The second-order valence-electron chi connectivity index (χ2n) is 3.17. The van der Waals surface area contributed by atoms with E-state index in [4.69, 9.17) is 0 Å². The van der Waals surface area contributed by atoms with E-state index < -0.39 is 0 Å². The summed E-state index contributed by atoms with van der Waals surface area (Å²) >= 11 is 0. The van der Waals surface area contributed by atoms with E-state index in [1.165, 1.54) is 7.11 Å². The summed E-state index contributed by atoms with van der Waals surface area (Å²) in [5.41, 5.74) is 0.786. The predicted molar refractivity (Wildman–Crippen MR) is 57.3 cm³/mol. The third-order valence-corrected chi connectivity index (χ3v) is 1.98. The number of nitrogens with zero attached hydrogens (tertiary/aromatic N) is 1. The van der Waals surface area contributed by atoms with Crippen molar-refractivity contribution in [2.24, 2.45) is 0 Å². The maximum atomic E-state index is 11.3. The van der Waals surface area contributed by atoms with Gasteiger partial charge in [-0.1, -0.05) is 6.07 Å². The van der Waals surface area contributed by atoms with Crippen LogP contribution >= 0.6 is 0 Å². The number of hydrogen-bond donors (Lipinski definition) is 1. The zero-order chi connectivity index (χ0) is 11.8. The molecule has 1 aromatic heterocycles. The van der Waals surface area contributed by atoms with Gasteiger partial charge >= 0.3 is 5.97 Å². The zero-order valence-electron chi connectivity index (χ0n) is 9.10. The first-order valence-electron chi connectivity index (χ1n) is 4.96. The number of carbonyl (C=O) groups excluding carboxylic acids is 2. The van der Waals surface area contributed by atoms with Crippen molar-refractivity contribution in [1.29, 1.82) is 0 Å². The Morgan fingerprint density at radius 2 is 2.19 bits per heavy atom. The summed E-state index contributed by atoms with van der Waals surface area (Å²) in [6.07, 6.45) is 1.90. The molecule has 1 heterocycles. The highest BCUT2D eigenvalue weighted by atomic mass is 16.5. The van der Waals surface area contributed by atoms with Crippen molar-refractivity contribution in [3.05, 3.63) is 30.1 Å². The van der Waals surface area contributed by atoms with Crippen LogP contribution in [0.15, 0.2) is 24.4 Å². The van der Waals surface area contributed by atoms with Gasteiger partial charge in [-0.25, -0.2) is 0 Å². The molecule has 0 aromatic carbocycles. The highest BCUT2D eigenvalue weighted by Gasteiger charge is 2.06. The molecule has 0 saturated carbocycles. The number of hydrogen-bond acceptors (Lipinski definition) is 4. The summed E-state index contributed by atoms with van der Waals surface area (Å²) in [6.45, 7) is 0.376. The van der Waals surface area contributed by atoms with Crippen LogP contribution in [0.2, 0.25) is 0 Å². The van der Waals surface area contributed by atoms with Crippen molar-refractivity contribution >= 4 is 11.9 Å². The Morgan fingerprint density at radius 3 is 2.81 bits per heavy atom. The average Bonchev–Trinajstić information content (AvgIpc) is 2.34. The maximum Gasteiger partial charge on any atom is 0.306 e. The monoisotopic (exact) mass is 222 g/mol. The van der Waals surface area contributed by atoms with Crippen LogP contribution in [-0.4, -0.2) is 24.0 Å². The van der Waals surface area contributed by atoms with Crippen molar-refractivity contribution < 1.29 is 14.3 Å². The van der Waals surface area contributed by atoms with Crippen LogP contribution < -0.4 is 5.32 Å². The highest BCUT2D eigenvalue weighted by Crippen LogP contribution is 1.95. The van der Waals surface area contributed by atoms with E-state index in [1.54, 1.807) is 6.20 Å². The normalized spacial score (nSPS) is 9.56. The van der Waals surface area contributed by atoms with Crippen LogP contribution in [0.1, 0.15) is 18.5 Å². The molecule has 86 valence electrons. The zero-order valence-corrected chi connectivity index (χ0v) is 9.10. The lowest BCUT2D eigenvalue weighted by Crippen LogP contribution is -2.23. The summed E-state index contributed by atoms with van der Waals surface area (Å²) < 4.78 is 4.43. The first-order chi connectivity index (χ1) is 7.72. The van der Waals surface area contributed by atoms with E-state index in [1.807, 2.05) is 18.2 Å². The Morgan fingerprint density at radius 1 is 1.38 bits per heavy atom. The first kappa shape index (κ1) is 12.2. The summed E-state index contributed by atoms with van der Waals surface area (Å²) in [5, 5.41) is 2.67. The fourth-order valence-corrected chi connectivity index (χ4v) is 1.10. The lowest BCUT2D eigenvalue weighted by Gasteiger charge is -2.03. The van der Waals surface area contributed by atoms with Crippen molar-refractivity contribution in [3.8, 4) is 0 Å². The molecule has 0 atom stereocenters. The molecule has 0 aliphatic carbocycles. The minimum atomic E-state index is -0.381. The van der Waals surface area contributed by atoms with Gasteiger partial charge in [0.2, 0.25) is 5.91 Å². The minimum Gasteiger partial charge on any atom is -0.469 e. The Hall–Kier alpha value is -1.91. The molecule has 0 spiro atoms. The number of rotatable bonds is 5. The van der Waals surface area contributed by atoms with Gasteiger partial charge in [0.15, 0.2) is 0 Å². The summed E-state index contributed by atoms with van der Waals surface area (Å²) in [5.74, 6) is -0.566. The quantitative estimate of drug-likeness (QED) is 0.743. The lowest BCUT2D eigenvalue weighted by molar-refractivity contribution is -0.142. The average molecular weight is 222 g/mol. The van der Waals surface area contributed by atoms with Crippen molar-refractivity contribution in [2.45, 2.75) is 19.4 Å². The molecule has 0 radical (unpaired) electrons. The summed E-state index contributed by atoms with van der Waals surface area (Å²) in [7, 11) is 1.30. The molecule has 0 unspecified atom stereocenters. The molecule has 1 amide bonds. The molecule has 16 heavy (non-hydrogen) atoms. The van der Waals surface area contributed by atoms with Crippen LogP contribution in [0.5, 0.6) is 0 Å². The van der Waals surface area contributed by atoms with Crippen LogP contribution in [0, 0.1) is 0 Å². The van der Waals surface area contributed by atoms with Gasteiger partial charge in [-0.2, -0.15) is 0 Å². The fraction of sp³-hybridized carbons (Fsp3) is 0.364. The van der Waals surface area contributed by atoms with Crippen LogP contribution in [-0.2, 0) is 20.9 Å². The van der Waals surface area contributed by atoms with Crippen LogP contribution in [0.4, 0.5) is 0 Å². The van der Waals surface area contributed by atoms with Gasteiger partial charge in [-0.3, -0.25) is 14.6 Å². The summed E-state index contributed by atoms with van der Waals surface area (Å²) in [6, 6.07) is 5.48. The third kappa shape index (κ3) is 4.54. The van der Waals surface area contributed by atoms with Crippen molar-refractivity contribution in [3.63, 3.8) is 0 Å². The number of amides is 1.